The third-order valence-corrected chi connectivity index (χ3v) is 5.73. The summed E-state index contributed by atoms with van der Waals surface area (Å²) in [6.07, 6.45) is 2.36. The molecule has 3 aromatic rings. The van der Waals surface area contributed by atoms with Crippen molar-refractivity contribution in [2.75, 3.05) is 12.0 Å². The lowest BCUT2D eigenvalue weighted by Gasteiger charge is -2.18. The van der Waals surface area contributed by atoms with Gasteiger partial charge in [-0.25, -0.2) is 4.98 Å². The molecule has 168 valence electrons. The molecule has 9 heteroatoms. The van der Waals surface area contributed by atoms with E-state index in [-0.39, 0.29) is 5.91 Å². The normalized spacial score (nSPS) is 11.7. The SMILES string of the molecule is CCn1c(C)nc2cc(C(=O)NNC(=O)[C@H](CCSC)NC(=O)c3ccccc3)ccc21. The van der Waals surface area contributed by atoms with Crippen molar-refractivity contribution in [2.45, 2.75) is 32.9 Å². The Balaban J connectivity index is 1.65. The second-order valence-corrected chi connectivity index (χ2v) is 8.21. The average molecular weight is 454 g/mol. The van der Waals surface area contributed by atoms with Gasteiger partial charge in [-0.1, -0.05) is 18.2 Å². The zero-order valence-electron chi connectivity index (χ0n) is 18.3. The Kier molecular flexibility index (Phi) is 7.88. The molecule has 0 unspecified atom stereocenters. The fourth-order valence-electron chi connectivity index (χ4n) is 3.40. The molecular weight excluding hydrogens is 426 g/mol. The number of hydrazine groups is 1. The molecule has 0 bridgehead atoms. The number of benzene rings is 2. The van der Waals surface area contributed by atoms with Gasteiger partial charge in [0.15, 0.2) is 0 Å². The van der Waals surface area contributed by atoms with E-state index in [9.17, 15) is 14.4 Å². The second kappa shape index (κ2) is 10.8. The summed E-state index contributed by atoms with van der Waals surface area (Å²) in [4.78, 5) is 42.2. The van der Waals surface area contributed by atoms with Gasteiger partial charge >= 0.3 is 0 Å². The summed E-state index contributed by atoms with van der Waals surface area (Å²) in [6, 6.07) is 13.1. The second-order valence-electron chi connectivity index (χ2n) is 7.22. The molecule has 1 aromatic heterocycles. The van der Waals surface area contributed by atoms with E-state index >= 15 is 0 Å². The first kappa shape index (κ1) is 23.3. The van der Waals surface area contributed by atoms with Gasteiger partial charge in [-0.05, 0) is 62.6 Å². The topological polar surface area (TPSA) is 105 Å². The Morgan fingerprint density at radius 2 is 1.78 bits per heavy atom. The Labute approximate surface area is 191 Å². The molecule has 1 atom stereocenters. The molecule has 32 heavy (non-hydrogen) atoms. The Hall–Kier alpha value is -3.33. The minimum atomic E-state index is -0.777. The smallest absolute Gasteiger partial charge is 0.269 e. The first-order valence-electron chi connectivity index (χ1n) is 10.4. The van der Waals surface area contributed by atoms with Crippen LogP contribution in [0.2, 0.25) is 0 Å². The monoisotopic (exact) mass is 453 g/mol. The summed E-state index contributed by atoms with van der Waals surface area (Å²) in [6.45, 7) is 4.74. The summed E-state index contributed by atoms with van der Waals surface area (Å²) in [5, 5.41) is 2.74. The number of hydrogen-bond donors (Lipinski definition) is 3. The van der Waals surface area contributed by atoms with Crippen LogP contribution in [0.15, 0.2) is 48.5 Å². The minimum Gasteiger partial charge on any atom is -0.340 e. The van der Waals surface area contributed by atoms with Gasteiger partial charge in [0, 0.05) is 17.7 Å². The quantitative estimate of drug-likeness (QED) is 0.455. The molecule has 0 fully saturated rings. The lowest BCUT2D eigenvalue weighted by Crippen LogP contribution is -2.52. The summed E-state index contributed by atoms with van der Waals surface area (Å²) in [5.74, 6) is 0.271. The molecule has 8 nitrogen and oxygen atoms in total. The zero-order chi connectivity index (χ0) is 23.1. The number of fused-ring (bicyclic) bond motifs is 1. The zero-order valence-corrected chi connectivity index (χ0v) is 19.2. The lowest BCUT2D eigenvalue weighted by atomic mass is 10.1. The standard InChI is InChI=1S/C23H27N5O3S/c1-4-28-15(2)24-19-14-17(10-11-20(19)28)22(30)26-27-23(31)18(12-13-32-3)25-21(29)16-8-6-5-7-9-16/h5-11,14,18H,4,12-13H2,1-3H3,(H,25,29)(H,26,30)(H,27,31)/t18-/m0/s1. The van der Waals surface area contributed by atoms with E-state index in [0.717, 1.165) is 23.4 Å². The largest absolute Gasteiger partial charge is 0.340 e. The van der Waals surface area contributed by atoms with Gasteiger partial charge in [-0.15, -0.1) is 0 Å². The highest BCUT2D eigenvalue weighted by atomic mass is 32.2. The highest BCUT2D eigenvalue weighted by Crippen LogP contribution is 2.17. The number of nitrogens with zero attached hydrogens (tertiary/aromatic N) is 2. The predicted octanol–water partition coefficient (Wildman–Crippen LogP) is 2.68. The molecule has 3 N–H and O–H groups in total. The molecule has 0 saturated heterocycles. The Morgan fingerprint density at radius 3 is 2.47 bits per heavy atom. The van der Waals surface area contributed by atoms with E-state index in [0.29, 0.717) is 23.3 Å². The number of rotatable bonds is 8. The van der Waals surface area contributed by atoms with Gasteiger partial charge in [-0.2, -0.15) is 11.8 Å². The average Bonchev–Trinajstić information content (AvgIpc) is 3.14. The van der Waals surface area contributed by atoms with Crippen LogP contribution in [-0.2, 0) is 11.3 Å². The number of aromatic nitrogens is 2. The van der Waals surface area contributed by atoms with E-state index in [1.165, 1.54) is 0 Å². The van der Waals surface area contributed by atoms with Crippen LogP contribution < -0.4 is 16.2 Å². The van der Waals surface area contributed by atoms with Gasteiger partial charge in [0.05, 0.1) is 11.0 Å². The summed E-state index contributed by atoms with van der Waals surface area (Å²) in [7, 11) is 0. The number of thioether (sulfide) groups is 1. The predicted molar refractivity (Wildman–Crippen MR) is 126 cm³/mol. The number of aryl methyl sites for hydroxylation is 2. The molecule has 3 amide bonds. The maximum atomic E-state index is 12.7. The van der Waals surface area contributed by atoms with Crippen molar-refractivity contribution in [1.29, 1.82) is 0 Å². The van der Waals surface area contributed by atoms with Crippen LogP contribution >= 0.6 is 11.8 Å². The van der Waals surface area contributed by atoms with Gasteiger partial charge in [0.1, 0.15) is 11.9 Å². The van der Waals surface area contributed by atoms with Crippen molar-refractivity contribution >= 4 is 40.5 Å². The van der Waals surface area contributed by atoms with Crippen LogP contribution in [0.5, 0.6) is 0 Å². The van der Waals surface area contributed by atoms with Crippen molar-refractivity contribution in [2.24, 2.45) is 0 Å². The number of carbonyl (C=O) groups excluding carboxylic acids is 3. The molecule has 3 rings (SSSR count). The Bertz CT molecular complexity index is 1110. The number of nitrogens with one attached hydrogen (secondary N) is 3. The van der Waals surface area contributed by atoms with Crippen LogP contribution in [-0.4, -0.2) is 45.3 Å². The molecule has 0 spiro atoms. The minimum absolute atomic E-state index is 0.342. The van der Waals surface area contributed by atoms with Gasteiger partial charge < -0.3 is 9.88 Å². The van der Waals surface area contributed by atoms with Crippen molar-refractivity contribution in [3.8, 4) is 0 Å². The van der Waals surface area contributed by atoms with E-state index in [4.69, 9.17) is 0 Å². The van der Waals surface area contributed by atoms with Crippen molar-refractivity contribution in [3.63, 3.8) is 0 Å². The lowest BCUT2D eigenvalue weighted by molar-refractivity contribution is -0.123. The Morgan fingerprint density at radius 1 is 1.03 bits per heavy atom. The summed E-state index contributed by atoms with van der Waals surface area (Å²) >= 11 is 1.57. The molecular formula is C23H27N5O3S. The van der Waals surface area contributed by atoms with Crippen molar-refractivity contribution in [1.82, 2.24) is 25.7 Å². The van der Waals surface area contributed by atoms with E-state index < -0.39 is 17.9 Å². The fraction of sp³-hybridized carbons (Fsp3) is 0.304. The third-order valence-electron chi connectivity index (χ3n) is 5.09. The van der Waals surface area contributed by atoms with E-state index in [1.54, 1.807) is 48.2 Å². The maximum absolute atomic E-state index is 12.7. The first-order chi connectivity index (χ1) is 15.4. The number of carbonyl (C=O) groups is 3. The molecule has 1 heterocycles. The van der Waals surface area contributed by atoms with Crippen LogP contribution in [0.4, 0.5) is 0 Å². The molecule has 2 aromatic carbocycles. The van der Waals surface area contributed by atoms with E-state index in [1.807, 2.05) is 32.2 Å². The van der Waals surface area contributed by atoms with Gasteiger partial charge in [0.25, 0.3) is 17.7 Å². The number of hydrogen-bond acceptors (Lipinski definition) is 5. The van der Waals surface area contributed by atoms with Crippen LogP contribution in [0.3, 0.4) is 0 Å². The maximum Gasteiger partial charge on any atom is 0.269 e. The summed E-state index contributed by atoms with van der Waals surface area (Å²) in [5.41, 5.74) is 7.39. The van der Waals surface area contributed by atoms with Crippen molar-refractivity contribution < 1.29 is 14.4 Å². The fourth-order valence-corrected chi connectivity index (χ4v) is 3.88. The number of imidazole rings is 1. The number of amides is 3. The highest BCUT2D eigenvalue weighted by Gasteiger charge is 2.22. The first-order valence-corrected chi connectivity index (χ1v) is 11.8. The molecule has 0 radical (unpaired) electrons. The van der Waals surface area contributed by atoms with Crippen LogP contribution in [0.25, 0.3) is 11.0 Å². The molecule has 0 aliphatic heterocycles. The third kappa shape index (κ3) is 5.47. The highest BCUT2D eigenvalue weighted by molar-refractivity contribution is 7.98. The molecule has 0 saturated carbocycles. The van der Waals surface area contributed by atoms with Crippen molar-refractivity contribution in [3.05, 3.63) is 65.5 Å². The van der Waals surface area contributed by atoms with E-state index in [2.05, 4.69) is 25.7 Å². The van der Waals surface area contributed by atoms with Gasteiger partial charge in [-0.3, -0.25) is 25.2 Å². The van der Waals surface area contributed by atoms with Gasteiger partial charge in [0.2, 0.25) is 0 Å². The van der Waals surface area contributed by atoms with Crippen LogP contribution in [0.1, 0.15) is 39.9 Å². The van der Waals surface area contributed by atoms with Crippen LogP contribution in [0, 0.1) is 6.92 Å². The molecule has 0 aliphatic rings. The summed E-state index contributed by atoms with van der Waals surface area (Å²) < 4.78 is 2.06. The molecule has 0 aliphatic carbocycles.